The standard InChI is InChI=1S/C15H22FNO/c1-11-4-5-13(16)9-12(11)10-14(17)6-7-15-3-2-8-18-15/h4-5,9,14-15H,2-3,6-8,10,17H2,1H3. The molecule has 0 amide bonds. The summed E-state index contributed by atoms with van der Waals surface area (Å²) in [5.74, 6) is -0.179. The minimum Gasteiger partial charge on any atom is -0.378 e. The predicted molar refractivity (Wildman–Crippen MR) is 71.0 cm³/mol. The van der Waals surface area contributed by atoms with Gasteiger partial charge < -0.3 is 10.5 Å². The number of halogens is 1. The SMILES string of the molecule is Cc1ccc(F)cc1CC(N)CCC1CCCO1. The van der Waals surface area contributed by atoms with Crippen molar-refractivity contribution in [1.82, 2.24) is 0 Å². The molecule has 18 heavy (non-hydrogen) atoms. The van der Waals surface area contributed by atoms with Gasteiger partial charge in [0.05, 0.1) is 6.10 Å². The van der Waals surface area contributed by atoms with Gasteiger partial charge in [-0.3, -0.25) is 0 Å². The second-order valence-electron chi connectivity index (χ2n) is 5.25. The van der Waals surface area contributed by atoms with Gasteiger partial charge in [-0.1, -0.05) is 6.07 Å². The fourth-order valence-corrected chi connectivity index (χ4v) is 2.52. The van der Waals surface area contributed by atoms with E-state index < -0.39 is 0 Å². The number of benzene rings is 1. The highest BCUT2D eigenvalue weighted by Gasteiger charge is 2.17. The van der Waals surface area contributed by atoms with Crippen molar-refractivity contribution in [1.29, 1.82) is 0 Å². The Labute approximate surface area is 108 Å². The fraction of sp³-hybridized carbons (Fsp3) is 0.600. The number of aryl methyl sites for hydroxylation is 1. The van der Waals surface area contributed by atoms with Crippen LogP contribution in [0.25, 0.3) is 0 Å². The van der Waals surface area contributed by atoms with Gasteiger partial charge in [0.1, 0.15) is 5.82 Å². The maximum Gasteiger partial charge on any atom is 0.123 e. The average Bonchev–Trinajstić information content (AvgIpc) is 2.84. The molecule has 0 saturated carbocycles. The van der Waals surface area contributed by atoms with E-state index in [1.54, 1.807) is 6.07 Å². The second-order valence-corrected chi connectivity index (χ2v) is 5.25. The summed E-state index contributed by atoms with van der Waals surface area (Å²) in [7, 11) is 0. The van der Waals surface area contributed by atoms with Crippen molar-refractivity contribution in [3.63, 3.8) is 0 Å². The molecule has 1 aromatic rings. The molecule has 1 fully saturated rings. The Morgan fingerprint density at radius 2 is 2.33 bits per heavy atom. The van der Waals surface area contributed by atoms with Crippen LogP contribution in [0.4, 0.5) is 4.39 Å². The number of hydrogen-bond acceptors (Lipinski definition) is 2. The van der Waals surface area contributed by atoms with Crippen LogP contribution in [0.15, 0.2) is 18.2 Å². The minimum absolute atomic E-state index is 0.0923. The molecule has 0 spiro atoms. The molecule has 0 aliphatic carbocycles. The molecule has 1 aliphatic heterocycles. The zero-order chi connectivity index (χ0) is 13.0. The van der Waals surface area contributed by atoms with Gasteiger partial charge in [-0.25, -0.2) is 4.39 Å². The van der Waals surface area contributed by atoms with Crippen LogP contribution in [0.1, 0.15) is 36.8 Å². The summed E-state index contributed by atoms with van der Waals surface area (Å²) in [6, 6.07) is 5.00. The monoisotopic (exact) mass is 251 g/mol. The Morgan fingerprint density at radius 3 is 3.06 bits per heavy atom. The molecule has 0 radical (unpaired) electrons. The molecule has 2 atom stereocenters. The van der Waals surface area contributed by atoms with Crippen LogP contribution in [0.2, 0.25) is 0 Å². The molecule has 1 aromatic carbocycles. The van der Waals surface area contributed by atoms with Crippen molar-refractivity contribution in [3.8, 4) is 0 Å². The van der Waals surface area contributed by atoms with E-state index in [-0.39, 0.29) is 11.9 Å². The van der Waals surface area contributed by atoms with Gasteiger partial charge in [-0.15, -0.1) is 0 Å². The molecule has 2 nitrogen and oxygen atoms in total. The number of hydrogen-bond donors (Lipinski definition) is 1. The van der Waals surface area contributed by atoms with Crippen molar-refractivity contribution in [2.75, 3.05) is 6.61 Å². The number of ether oxygens (including phenoxy) is 1. The third-order valence-corrected chi connectivity index (χ3v) is 3.68. The molecule has 2 unspecified atom stereocenters. The molecule has 0 bridgehead atoms. The minimum atomic E-state index is -0.179. The van der Waals surface area contributed by atoms with Crippen LogP contribution >= 0.6 is 0 Å². The average molecular weight is 251 g/mol. The molecular formula is C15H22FNO. The zero-order valence-corrected chi connectivity index (χ0v) is 11.0. The fourth-order valence-electron chi connectivity index (χ4n) is 2.52. The van der Waals surface area contributed by atoms with E-state index in [4.69, 9.17) is 10.5 Å². The lowest BCUT2D eigenvalue weighted by Gasteiger charge is -2.16. The van der Waals surface area contributed by atoms with Gasteiger partial charge >= 0.3 is 0 Å². The van der Waals surface area contributed by atoms with Gasteiger partial charge in [0, 0.05) is 12.6 Å². The van der Waals surface area contributed by atoms with Gasteiger partial charge in [0.15, 0.2) is 0 Å². The lowest BCUT2D eigenvalue weighted by Crippen LogP contribution is -2.25. The second kappa shape index (κ2) is 6.30. The van der Waals surface area contributed by atoms with E-state index >= 15 is 0 Å². The van der Waals surface area contributed by atoms with E-state index in [1.807, 2.05) is 13.0 Å². The first-order valence-electron chi connectivity index (χ1n) is 6.77. The molecule has 3 heteroatoms. The van der Waals surface area contributed by atoms with Crippen molar-refractivity contribution in [2.24, 2.45) is 5.73 Å². The van der Waals surface area contributed by atoms with Crippen LogP contribution in [0.5, 0.6) is 0 Å². The lowest BCUT2D eigenvalue weighted by atomic mass is 9.97. The summed E-state index contributed by atoms with van der Waals surface area (Å²) in [4.78, 5) is 0. The van der Waals surface area contributed by atoms with Crippen LogP contribution in [-0.4, -0.2) is 18.8 Å². The van der Waals surface area contributed by atoms with Crippen LogP contribution in [0, 0.1) is 12.7 Å². The highest BCUT2D eigenvalue weighted by molar-refractivity contribution is 5.27. The molecule has 2 rings (SSSR count). The van der Waals surface area contributed by atoms with E-state index in [2.05, 4.69) is 0 Å². The highest BCUT2D eigenvalue weighted by Crippen LogP contribution is 2.19. The summed E-state index contributed by atoms with van der Waals surface area (Å²) in [5, 5.41) is 0. The highest BCUT2D eigenvalue weighted by atomic mass is 19.1. The summed E-state index contributed by atoms with van der Waals surface area (Å²) in [6.45, 7) is 2.89. The van der Waals surface area contributed by atoms with E-state index in [0.29, 0.717) is 6.10 Å². The van der Waals surface area contributed by atoms with E-state index in [0.717, 1.165) is 43.4 Å². The quantitative estimate of drug-likeness (QED) is 0.873. The lowest BCUT2D eigenvalue weighted by molar-refractivity contribution is 0.101. The maximum atomic E-state index is 13.2. The number of nitrogens with two attached hydrogens (primary N) is 1. The predicted octanol–water partition coefficient (Wildman–Crippen LogP) is 2.96. The molecule has 1 saturated heterocycles. The summed E-state index contributed by atoms with van der Waals surface area (Å²) in [5.41, 5.74) is 8.26. The van der Waals surface area contributed by atoms with Crippen molar-refractivity contribution >= 4 is 0 Å². The van der Waals surface area contributed by atoms with Gasteiger partial charge in [0.25, 0.3) is 0 Å². The Bertz CT molecular complexity index is 388. The van der Waals surface area contributed by atoms with E-state index in [9.17, 15) is 4.39 Å². The molecule has 100 valence electrons. The van der Waals surface area contributed by atoms with Gasteiger partial charge in [-0.2, -0.15) is 0 Å². The summed E-state index contributed by atoms with van der Waals surface area (Å²) >= 11 is 0. The van der Waals surface area contributed by atoms with Crippen molar-refractivity contribution in [3.05, 3.63) is 35.1 Å². The topological polar surface area (TPSA) is 35.2 Å². The van der Waals surface area contributed by atoms with Crippen molar-refractivity contribution < 1.29 is 9.13 Å². The molecule has 1 aliphatic rings. The summed E-state index contributed by atoms with van der Waals surface area (Å²) < 4.78 is 18.7. The Morgan fingerprint density at radius 1 is 1.50 bits per heavy atom. The Balaban J connectivity index is 1.82. The van der Waals surface area contributed by atoms with Crippen molar-refractivity contribution in [2.45, 2.75) is 51.2 Å². The Hall–Kier alpha value is -0.930. The summed E-state index contributed by atoms with van der Waals surface area (Å²) in [6.07, 6.45) is 5.44. The third-order valence-electron chi connectivity index (χ3n) is 3.68. The first-order chi connectivity index (χ1) is 8.65. The Kier molecular flexibility index (Phi) is 4.72. The first kappa shape index (κ1) is 13.5. The molecule has 2 N–H and O–H groups in total. The molecule has 0 aromatic heterocycles. The molecule has 1 heterocycles. The maximum absolute atomic E-state index is 13.2. The van der Waals surface area contributed by atoms with Crippen LogP contribution in [-0.2, 0) is 11.2 Å². The zero-order valence-electron chi connectivity index (χ0n) is 11.0. The number of rotatable bonds is 5. The van der Waals surface area contributed by atoms with Crippen LogP contribution < -0.4 is 5.73 Å². The van der Waals surface area contributed by atoms with E-state index in [1.165, 1.54) is 12.5 Å². The van der Waals surface area contributed by atoms with Crippen LogP contribution in [0.3, 0.4) is 0 Å². The third kappa shape index (κ3) is 3.79. The van der Waals surface area contributed by atoms with Gasteiger partial charge in [0.2, 0.25) is 0 Å². The largest absolute Gasteiger partial charge is 0.378 e. The smallest absolute Gasteiger partial charge is 0.123 e. The van der Waals surface area contributed by atoms with Gasteiger partial charge in [-0.05, 0) is 62.3 Å². The molecular weight excluding hydrogens is 229 g/mol. The normalized spacial score (nSPS) is 21.2. The first-order valence-corrected chi connectivity index (χ1v) is 6.77.